The SMILES string of the molecule is CCN1CCC(c2cn3cc(C)ccc3n2)C1. The molecule has 0 aliphatic carbocycles. The zero-order valence-corrected chi connectivity index (χ0v) is 10.6. The van der Waals surface area contributed by atoms with Gasteiger partial charge in [-0.1, -0.05) is 13.0 Å². The lowest BCUT2D eigenvalue weighted by molar-refractivity contribution is 0.353. The van der Waals surface area contributed by atoms with Crippen molar-refractivity contribution < 1.29 is 0 Å². The summed E-state index contributed by atoms with van der Waals surface area (Å²) in [5, 5.41) is 0. The highest BCUT2D eigenvalue weighted by molar-refractivity contribution is 5.42. The van der Waals surface area contributed by atoms with Crippen LogP contribution in [0.4, 0.5) is 0 Å². The number of hydrogen-bond donors (Lipinski definition) is 0. The Hall–Kier alpha value is -1.35. The Morgan fingerprint density at radius 3 is 3.00 bits per heavy atom. The third kappa shape index (κ3) is 1.95. The van der Waals surface area contributed by atoms with E-state index < -0.39 is 0 Å². The maximum atomic E-state index is 4.74. The van der Waals surface area contributed by atoms with E-state index in [4.69, 9.17) is 4.98 Å². The van der Waals surface area contributed by atoms with Crippen LogP contribution in [0.25, 0.3) is 5.65 Å². The van der Waals surface area contributed by atoms with Crippen molar-refractivity contribution in [2.45, 2.75) is 26.2 Å². The van der Waals surface area contributed by atoms with E-state index in [0.29, 0.717) is 5.92 Å². The number of likely N-dealkylation sites (tertiary alicyclic amines) is 1. The molecular weight excluding hydrogens is 210 g/mol. The van der Waals surface area contributed by atoms with E-state index in [1.54, 1.807) is 0 Å². The number of pyridine rings is 1. The van der Waals surface area contributed by atoms with Gasteiger partial charge >= 0.3 is 0 Å². The van der Waals surface area contributed by atoms with E-state index in [0.717, 1.165) is 12.2 Å². The van der Waals surface area contributed by atoms with Crippen molar-refractivity contribution in [3.05, 3.63) is 35.8 Å². The molecule has 0 spiro atoms. The average Bonchev–Trinajstić information content (AvgIpc) is 2.93. The van der Waals surface area contributed by atoms with Gasteiger partial charge in [0, 0.05) is 24.9 Å². The number of aromatic nitrogens is 2. The summed E-state index contributed by atoms with van der Waals surface area (Å²) in [5.41, 5.74) is 3.61. The fourth-order valence-electron chi connectivity index (χ4n) is 2.68. The van der Waals surface area contributed by atoms with Crippen molar-refractivity contribution in [3.8, 4) is 0 Å². The van der Waals surface area contributed by atoms with Crippen molar-refractivity contribution in [3.63, 3.8) is 0 Å². The first kappa shape index (κ1) is 10.8. The predicted octanol–water partition coefficient (Wildman–Crippen LogP) is 2.45. The van der Waals surface area contributed by atoms with Gasteiger partial charge in [-0.2, -0.15) is 0 Å². The summed E-state index contributed by atoms with van der Waals surface area (Å²) in [6.07, 6.45) is 5.60. The Balaban J connectivity index is 1.91. The first-order valence-corrected chi connectivity index (χ1v) is 6.44. The minimum absolute atomic E-state index is 0.621. The Labute approximate surface area is 102 Å². The van der Waals surface area contributed by atoms with Gasteiger partial charge in [0.25, 0.3) is 0 Å². The summed E-state index contributed by atoms with van der Waals surface area (Å²) < 4.78 is 2.15. The molecule has 2 aromatic heterocycles. The quantitative estimate of drug-likeness (QED) is 0.788. The van der Waals surface area contributed by atoms with Crippen LogP contribution in [0.15, 0.2) is 24.5 Å². The molecule has 1 fully saturated rings. The van der Waals surface area contributed by atoms with Crippen LogP contribution in [-0.2, 0) is 0 Å². The Bertz CT molecular complexity index is 529. The summed E-state index contributed by atoms with van der Waals surface area (Å²) in [5.74, 6) is 0.621. The Kier molecular flexibility index (Phi) is 2.63. The first-order chi connectivity index (χ1) is 8.26. The molecule has 2 aromatic rings. The molecule has 0 saturated carbocycles. The van der Waals surface area contributed by atoms with Gasteiger partial charge in [-0.25, -0.2) is 4.98 Å². The summed E-state index contributed by atoms with van der Waals surface area (Å²) in [7, 11) is 0. The molecule has 3 nitrogen and oxygen atoms in total. The molecule has 0 bridgehead atoms. The standard InChI is InChI=1S/C14H19N3/c1-3-16-7-6-12(9-16)13-10-17-8-11(2)4-5-14(17)15-13/h4-5,8,10,12H,3,6-7,9H2,1-2H3. The molecule has 1 aliphatic rings. The van der Waals surface area contributed by atoms with E-state index in [2.05, 4.69) is 47.7 Å². The second-order valence-corrected chi connectivity index (χ2v) is 5.02. The van der Waals surface area contributed by atoms with Gasteiger partial charge in [-0.3, -0.25) is 0 Å². The maximum Gasteiger partial charge on any atom is 0.136 e. The van der Waals surface area contributed by atoms with Crippen molar-refractivity contribution >= 4 is 5.65 Å². The predicted molar refractivity (Wildman–Crippen MR) is 69.4 cm³/mol. The second kappa shape index (κ2) is 4.15. The monoisotopic (exact) mass is 229 g/mol. The van der Waals surface area contributed by atoms with Crippen LogP contribution in [-0.4, -0.2) is 33.9 Å². The zero-order chi connectivity index (χ0) is 11.8. The van der Waals surface area contributed by atoms with Gasteiger partial charge in [-0.15, -0.1) is 0 Å². The molecule has 3 heteroatoms. The van der Waals surface area contributed by atoms with Crippen LogP contribution in [0.3, 0.4) is 0 Å². The number of aryl methyl sites for hydroxylation is 1. The molecule has 1 aliphatic heterocycles. The van der Waals surface area contributed by atoms with Gasteiger partial charge in [0.15, 0.2) is 0 Å². The molecule has 0 N–H and O–H groups in total. The van der Waals surface area contributed by atoms with Crippen molar-refractivity contribution in [1.29, 1.82) is 0 Å². The van der Waals surface area contributed by atoms with Gasteiger partial charge < -0.3 is 9.30 Å². The van der Waals surface area contributed by atoms with E-state index in [1.165, 1.54) is 30.8 Å². The molecule has 0 radical (unpaired) electrons. The van der Waals surface area contributed by atoms with Crippen LogP contribution in [0.2, 0.25) is 0 Å². The first-order valence-electron chi connectivity index (χ1n) is 6.44. The molecule has 0 aromatic carbocycles. The lowest BCUT2D eigenvalue weighted by Gasteiger charge is -2.11. The van der Waals surface area contributed by atoms with Gasteiger partial charge in [0.1, 0.15) is 5.65 Å². The number of likely N-dealkylation sites (N-methyl/N-ethyl adjacent to an activating group) is 1. The highest BCUT2D eigenvalue weighted by Gasteiger charge is 2.24. The van der Waals surface area contributed by atoms with E-state index in [-0.39, 0.29) is 0 Å². The molecule has 3 heterocycles. The van der Waals surface area contributed by atoms with Gasteiger partial charge in [-0.05, 0) is 38.1 Å². The second-order valence-electron chi connectivity index (χ2n) is 5.02. The van der Waals surface area contributed by atoms with Crippen LogP contribution in [0, 0.1) is 6.92 Å². The number of fused-ring (bicyclic) bond motifs is 1. The van der Waals surface area contributed by atoms with Gasteiger partial charge in [0.05, 0.1) is 5.69 Å². The highest BCUT2D eigenvalue weighted by atomic mass is 15.1. The lowest BCUT2D eigenvalue weighted by atomic mass is 10.1. The van der Waals surface area contributed by atoms with Crippen molar-refractivity contribution in [2.24, 2.45) is 0 Å². The highest BCUT2D eigenvalue weighted by Crippen LogP contribution is 2.26. The zero-order valence-electron chi connectivity index (χ0n) is 10.6. The van der Waals surface area contributed by atoms with E-state index in [1.807, 2.05) is 0 Å². The fourth-order valence-corrected chi connectivity index (χ4v) is 2.68. The van der Waals surface area contributed by atoms with Crippen molar-refractivity contribution in [1.82, 2.24) is 14.3 Å². The largest absolute Gasteiger partial charge is 0.307 e. The van der Waals surface area contributed by atoms with Crippen LogP contribution in [0.5, 0.6) is 0 Å². The summed E-state index contributed by atoms with van der Waals surface area (Å²) >= 11 is 0. The maximum absolute atomic E-state index is 4.74. The van der Waals surface area contributed by atoms with E-state index in [9.17, 15) is 0 Å². The molecule has 1 atom stereocenters. The van der Waals surface area contributed by atoms with Crippen LogP contribution in [0.1, 0.15) is 30.5 Å². The summed E-state index contributed by atoms with van der Waals surface area (Å²) in [6.45, 7) is 7.89. The smallest absolute Gasteiger partial charge is 0.136 e. The third-order valence-corrected chi connectivity index (χ3v) is 3.76. The minimum Gasteiger partial charge on any atom is -0.307 e. The Morgan fingerprint density at radius 2 is 2.24 bits per heavy atom. The molecule has 3 rings (SSSR count). The summed E-state index contributed by atoms with van der Waals surface area (Å²) in [6, 6.07) is 4.23. The normalized spacial score (nSPS) is 21.4. The van der Waals surface area contributed by atoms with Gasteiger partial charge in [0.2, 0.25) is 0 Å². The summed E-state index contributed by atoms with van der Waals surface area (Å²) in [4.78, 5) is 7.24. The molecule has 17 heavy (non-hydrogen) atoms. The lowest BCUT2D eigenvalue weighted by Crippen LogP contribution is -2.19. The van der Waals surface area contributed by atoms with E-state index >= 15 is 0 Å². The molecule has 1 saturated heterocycles. The Morgan fingerprint density at radius 1 is 1.35 bits per heavy atom. The fraction of sp³-hybridized carbons (Fsp3) is 0.500. The molecule has 1 unspecified atom stereocenters. The van der Waals surface area contributed by atoms with Crippen molar-refractivity contribution in [2.75, 3.05) is 19.6 Å². The molecule has 90 valence electrons. The van der Waals surface area contributed by atoms with Crippen LogP contribution < -0.4 is 0 Å². The molecular formula is C14H19N3. The third-order valence-electron chi connectivity index (χ3n) is 3.76. The average molecular weight is 229 g/mol. The number of rotatable bonds is 2. The number of hydrogen-bond acceptors (Lipinski definition) is 2. The topological polar surface area (TPSA) is 20.5 Å². The number of nitrogens with zero attached hydrogens (tertiary/aromatic N) is 3. The van der Waals surface area contributed by atoms with Crippen LogP contribution >= 0.6 is 0 Å². The molecule has 0 amide bonds. The minimum atomic E-state index is 0.621. The number of imidazole rings is 1.